The summed E-state index contributed by atoms with van der Waals surface area (Å²) in [5, 5.41) is 3.34. The van der Waals surface area contributed by atoms with E-state index in [9.17, 15) is 4.79 Å². The van der Waals surface area contributed by atoms with E-state index in [0.29, 0.717) is 18.1 Å². The standard InChI is InChI=1S/C19H36BrNO2/c1-4-5-6-7-8-9-10-11-12-18(15-21-16-20)13-14-23-19(22)17(2)3/h18,21H,2,4-16H2,1,3H3. The van der Waals surface area contributed by atoms with E-state index in [-0.39, 0.29) is 5.97 Å². The molecule has 0 aliphatic carbocycles. The van der Waals surface area contributed by atoms with Crippen LogP contribution in [0, 0.1) is 5.92 Å². The monoisotopic (exact) mass is 389 g/mol. The second-order valence-corrected chi connectivity index (χ2v) is 6.98. The third kappa shape index (κ3) is 14.9. The van der Waals surface area contributed by atoms with E-state index in [1.807, 2.05) is 0 Å². The molecule has 1 atom stereocenters. The number of nitrogens with one attached hydrogen (secondary N) is 1. The first-order chi connectivity index (χ1) is 11.1. The highest BCUT2D eigenvalue weighted by Gasteiger charge is 2.10. The molecule has 1 N–H and O–H groups in total. The molecule has 0 heterocycles. The lowest BCUT2D eigenvalue weighted by Crippen LogP contribution is -2.23. The number of ether oxygens (including phenoxy) is 1. The number of hydrogen-bond acceptors (Lipinski definition) is 3. The molecule has 3 nitrogen and oxygen atoms in total. The Kier molecular flexibility index (Phi) is 16.3. The van der Waals surface area contributed by atoms with Crippen molar-refractivity contribution in [2.24, 2.45) is 5.92 Å². The molecule has 0 aromatic heterocycles. The van der Waals surface area contributed by atoms with E-state index < -0.39 is 0 Å². The fourth-order valence-corrected chi connectivity index (χ4v) is 2.84. The van der Waals surface area contributed by atoms with Gasteiger partial charge in [0.05, 0.1) is 12.1 Å². The Labute approximate surface area is 151 Å². The van der Waals surface area contributed by atoms with Crippen molar-refractivity contribution in [3.05, 3.63) is 12.2 Å². The Balaban J connectivity index is 3.74. The highest BCUT2D eigenvalue weighted by Crippen LogP contribution is 2.16. The van der Waals surface area contributed by atoms with E-state index in [4.69, 9.17) is 4.74 Å². The number of carbonyl (C=O) groups is 1. The minimum Gasteiger partial charge on any atom is -0.462 e. The first kappa shape index (κ1) is 22.6. The Hall–Kier alpha value is -0.350. The van der Waals surface area contributed by atoms with Gasteiger partial charge in [-0.25, -0.2) is 4.79 Å². The van der Waals surface area contributed by atoms with Gasteiger partial charge in [0, 0.05) is 5.57 Å². The van der Waals surface area contributed by atoms with Crippen molar-refractivity contribution in [1.29, 1.82) is 0 Å². The van der Waals surface area contributed by atoms with Crippen molar-refractivity contribution >= 4 is 21.9 Å². The van der Waals surface area contributed by atoms with Gasteiger partial charge in [-0.1, -0.05) is 80.8 Å². The van der Waals surface area contributed by atoms with Crippen molar-refractivity contribution in [2.45, 2.75) is 78.1 Å². The fraction of sp³-hybridized carbons (Fsp3) is 0.842. The van der Waals surface area contributed by atoms with Crippen molar-refractivity contribution in [3.63, 3.8) is 0 Å². The summed E-state index contributed by atoms with van der Waals surface area (Å²) in [5.41, 5.74) is 1.29. The van der Waals surface area contributed by atoms with Crippen LogP contribution in [0.4, 0.5) is 0 Å². The summed E-state index contributed by atoms with van der Waals surface area (Å²) in [6, 6.07) is 0. The molecular formula is C19H36BrNO2. The smallest absolute Gasteiger partial charge is 0.333 e. The number of halogens is 1. The minimum absolute atomic E-state index is 0.274. The van der Waals surface area contributed by atoms with Crippen LogP contribution in [0.3, 0.4) is 0 Å². The second kappa shape index (κ2) is 16.5. The van der Waals surface area contributed by atoms with E-state index in [0.717, 1.165) is 18.4 Å². The van der Waals surface area contributed by atoms with Gasteiger partial charge in [-0.2, -0.15) is 0 Å². The normalized spacial score (nSPS) is 12.1. The average Bonchev–Trinajstić information content (AvgIpc) is 2.54. The highest BCUT2D eigenvalue weighted by atomic mass is 79.9. The first-order valence-electron chi connectivity index (χ1n) is 9.21. The molecule has 0 radical (unpaired) electrons. The van der Waals surface area contributed by atoms with Gasteiger partial charge in [-0.3, -0.25) is 0 Å². The zero-order valence-corrected chi connectivity index (χ0v) is 16.8. The van der Waals surface area contributed by atoms with Crippen LogP contribution in [0.5, 0.6) is 0 Å². The molecule has 23 heavy (non-hydrogen) atoms. The van der Waals surface area contributed by atoms with Gasteiger partial charge in [-0.05, 0) is 32.2 Å². The molecule has 1 unspecified atom stereocenters. The molecule has 0 spiro atoms. The van der Waals surface area contributed by atoms with E-state index in [2.05, 4.69) is 34.7 Å². The topological polar surface area (TPSA) is 38.3 Å². The predicted molar refractivity (Wildman–Crippen MR) is 103 cm³/mol. The SMILES string of the molecule is C=C(C)C(=O)OCCC(CCCCCCCCCC)CNCBr. The van der Waals surface area contributed by atoms with Crippen LogP contribution in [0.25, 0.3) is 0 Å². The number of rotatable bonds is 16. The quantitative estimate of drug-likeness (QED) is 0.123. The molecule has 0 bridgehead atoms. The summed E-state index contributed by atoms with van der Waals surface area (Å²) in [6.45, 7) is 9.03. The van der Waals surface area contributed by atoms with Gasteiger partial charge in [0.2, 0.25) is 0 Å². The fourth-order valence-electron chi connectivity index (χ4n) is 2.62. The van der Waals surface area contributed by atoms with Crippen LogP contribution >= 0.6 is 15.9 Å². The summed E-state index contributed by atoms with van der Waals surface area (Å²) in [5.74, 6) is 0.301. The van der Waals surface area contributed by atoms with E-state index in [1.54, 1.807) is 6.92 Å². The molecule has 0 aromatic rings. The predicted octanol–water partition coefficient (Wildman–Crippen LogP) is 5.58. The maximum absolute atomic E-state index is 11.4. The minimum atomic E-state index is -0.274. The summed E-state index contributed by atoms with van der Waals surface area (Å²) < 4.78 is 5.22. The zero-order chi connectivity index (χ0) is 17.3. The van der Waals surface area contributed by atoms with Crippen LogP contribution in [0.2, 0.25) is 0 Å². The number of esters is 1. The van der Waals surface area contributed by atoms with Crippen molar-refractivity contribution in [3.8, 4) is 0 Å². The lowest BCUT2D eigenvalue weighted by Gasteiger charge is -2.17. The van der Waals surface area contributed by atoms with Gasteiger partial charge < -0.3 is 10.1 Å². The van der Waals surface area contributed by atoms with Crippen LogP contribution in [-0.4, -0.2) is 24.6 Å². The third-order valence-corrected chi connectivity index (χ3v) is 4.50. The molecule has 4 heteroatoms. The van der Waals surface area contributed by atoms with Gasteiger partial charge in [0.15, 0.2) is 0 Å². The molecule has 0 saturated heterocycles. The number of alkyl halides is 1. The third-order valence-electron chi connectivity index (χ3n) is 4.10. The van der Waals surface area contributed by atoms with E-state index >= 15 is 0 Å². The summed E-state index contributed by atoms with van der Waals surface area (Å²) in [7, 11) is 0. The van der Waals surface area contributed by atoms with E-state index in [1.165, 1.54) is 57.8 Å². The van der Waals surface area contributed by atoms with Gasteiger partial charge >= 0.3 is 5.97 Å². The number of carbonyl (C=O) groups excluding carboxylic acids is 1. The molecule has 0 rings (SSSR count). The van der Waals surface area contributed by atoms with Crippen LogP contribution in [-0.2, 0) is 9.53 Å². The van der Waals surface area contributed by atoms with Crippen LogP contribution in [0.15, 0.2) is 12.2 Å². The van der Waals surface area contributed by atoms with Gasteiger partial charge in [-0.15, -0.1) is 0 Å². The largest absolute Gasteiger partial charge is 0.462 e. The molecule has 0 fully saturated rings. The van der Waals surface area contributed by atoms with Gasteiger partial charge in [0.25, 0.3) is 0 Å². The molecule has 0 aliphatic heterocycles. The molecule has 0 amide bonds. The molecule has 0 aromatic carbocycles. The highest BCUT2D eigenvalue weighted by molar-refractivity contribution is 9.09. The van der Waals surface area contributed by atoms with Crippen LogP contribution < -0.4 is 5.32 Å². The van der Waals surface area contributed by atoms with Crippen molar-refractivity contribution in [2.75, 3.05) is 18.6 Å². The van der Waals surface area contributed by atoms with Crippen LogP contribution in [0.1, 0.15) is 78.1 Å². The maximum atomic E-state index is 11.4. The Morgan fingerprint density at radius 3 is 2.26 bits per heavy atom. The average molecular weight is 390 g/mol. The molecule has 0 saturated carbocycles. The number of unbranched alkanes of at least 4 members (excludes halogenated alkanes) is 7. The number of hydrogen-bond donors (Lipinski definition) is 1. The van der Waals surface area contributed by atoms with Crippen molar-refractivity contribution < 1.29 is 9.53 Å². The molecule has 136 valence electrons. The summed E-state index contributed by atoms with van der Waals surface area (Å²) in [6.07, 6.45) is 12.9. The Morgan fingerprint density at radius 2 is 1.70 bits per heavy atom. The lowest BCUT2D eigenvalue weighted by atomic mass is 9.97. The lowest BCUT2D eigenvalue weighted by molar-refractivity contribution is -0.139. The molecule has 0 aliphatic rings. The second-order valence-electron chi connectivity index (χ2n) is 6.42. The van der Waals surface area contributed by atoms with Gasteiger partial charge in [0.1, 0.15) is 0 Å². The molecular weight excluding hydrogens is 354 g/mol. The Morgan fingerprint density at radius 1 is 1.09 bits per heavy atom. The van der Waals surface area contributed by atoms with Crippen molar-refractivity contribution in [1.82, 2.24) is 5.32 Å². The zero-order valence-electron chi connectivity index (χ0n) is 15.2. The first-order valence-corrected chi connectivity index (χ1v) is 10.3. The summed E-state index contributed by atoms with van der Waals surface area (Å²) >= 11 is 3.40. The summed E-state index contributed by atoms with van der Waals surface area (Å²) in [4.78, 5) is 11.4. The Bertz CT molecular complexity index is 308. The maximum Gasteiger partial charge on any atom is 0.333 e.